The van der Waals surface area contributed by atoms with Gasteiger partial charge in [-0.15, -0.1) is 0 Å². The van der Waals surface area contributed by atoms with Crippen molar-refractivity contribution < 1.29 is 23.1 Å². The molecule has 5 rings (SSSR count). The van der Waals surface area contributed by atoms with E-state index in [0.29, 0.717) is 41.2 Å². The molecule has 7 heteroatoms. The Hall–Kier alpha value is -4.39. The number of hydrogen-bond donors (Lipinski definition) is 0. The van der Waals surface area contributed by atoms with Gasteiger partial charge in [-0.1, -0.05) is 30.9 Å². The molecule has 1 amide bonds. The van der Waals surface area contributed by atoms with E-state index in [-0.39, 0.29) is 29.1 Å². The van der Waals surface area contributed by atoms with E-state index in [1.54, 1.807) is 47.4 Å². The molecule has 0 fully saturated rings. The highest BCUT2D eigenvalue weighted by atomic mass is 19.1. The summed E-state index contributed by atoms with van der Waals surface area (Å²) in [5.74, 6) is 0.263. The van der Waals surface area contributed by atoms with Crippen molar-refractivity contribution >= 4 is 16.9 Å². The maximum atomic E-state index is 13.9. The van der Waals surface area contributed by atoms with Crippen molar-refractivity contribution in [3.05, 3.63) is 117 Å². The van der Waals surface area contributed by atoms with Gasteiger partial charge in [-0.25, -0.2) is 4.39 Å². The topological polar surface area (TPSA) is 69.0 Å². The van der Waals surface area contributed by atoms with Gasteiger partial charge < -0.3 is 18.8 Å². The molecule has 6 nitrogen and oxygen atoms in total. The summed E-state index contributed by atoms with van der Waals surface area (Å²) in [5, 5.41) is 0.421. The first-order valence-corrected chi connectivity index (χ1v) is 12.5. The van der Waals surface area contributed by atoms with Crippen LogP contribution in [0.3, 0.4) is 0 Å². The fourth-order valence-electron chi connectivity index (χ4n) is 4.80. The molecule has 0 saturated heterocycles. The number of benzene rings is 3. The fraction of sp³-hybridized carbons (Fsp3) is 0.226. The van der Waals surface area contributed by atoms with Crippen LogP contribution in [0.2, 0.25) is 0 Å². The quantitative estimate of drug-likeness (QED) is 0.260. The van der Waals surface area contributed by atoms with Crippen LogP contribution in [0, 0.1) is 19.7 Å². The number of fused-ring (bicyclic) bond motifs is 2. The number of amides is 1. The van der Waals surface area contributed by atoms with Crippen molar-refractivity contribution in [1.82, 2.24) is 4.90 Å². The molecule has 3 aromatic carbocycles. The predicted molar refractivity (Wildman–Crippen MR) is 143 cm³/mol. The molecule has 0 spiro atoms. The van der Waals surface area contributed by atoms with E-state index in [9.17, 15) is 14.0 Å². The van der Waals surface area contributed by atoms with Crippen LogP contribution in [0.25, 0.3) is 11.0 Å². The highest BCUT2D eigenvalue weighted by Crippen LogP contribution is 2.42. The van der Waals surface area contributed by atoms with Crippen LogP contribution in [0.5, 0.6) is 11.5 Å². The first-order valence-electron chi connectivity index (χ1n) is 12.5. The SMILES string of the molecule is C=CCOc1ccc(C2c3c(oc4cc(C)c(C)cc4c3=O)C(=O)N2Cc2ccc(F)cc2)cc1OCC. The number of rotatable bonds is 8. The van der Waals surface area contributed by atoms with Gasteiger partial charge in [0.1, 0.15) is 18.0 Å². The molecule has 1 aliphatic heterocycles. The van der Waals surface area contributed by atoms with E-state index >= 15 is 0 Å². The summed E-state index contributed by atoms with van der Waals surface area (Å²) >= 11 is 0. The largest absolute Gasteiger partial charge is 0.490 e. The van der Waals surface area contributed by atoms with Gasteiger partial charge in [-0.3, -0.25) is 9.59 Å². The zero-order valence-electron chi connectivity index (χ0n) is 21.5. The first kappa shape index (κ1) is 25.3. The van der Waals surface area contributed by atoms with E-state index in [0.717, 1.165) is 16.7 Å². The van der Waals surface area contributed by atoms with Crippen LogP contribution >= 0.6 is 0 Å². The minimum atomic E-state index is -0.738. The minimum absolute atomic E-state index is 0.0165. The molecule has 0 radical (unpaired) electrons. The number of hydrogen-bond acceptors (Lipinski definition) is 5. The molecule has 0 bridgehead atoms. The smallest absolute Gasteiger partial charge is 0.291 e. The Kier molecular flexibility index (Phi) is 6.76. The first-order chi connectivity index (χ1) is 18.3. The molecule has 194 valence electrons. The van der Waals surface area contributed by atoms with Gasteiger partial charge in [0.05, 0.1) is 23.6 Å². The van der Waals surface area contributed by atoms with E-state index < -0.39 is 11.9 Å². The Labute approximate surface area is 219 Å². The summed E-state index contributed by atoms with van der Waals surface area (Å²) in [5.41, 5.74) is 3.69. The van der Waals surface area contributed by atoms with Gasteiger partial charge in [-0.2, -0.15) is 0 Å². The standard InChI is InChI=1S/C31H28FNO5/c1-5-13-37-24-12-9-21(16-26(24)36-6-2)28-27-29(34)23-14-18(3)19(4)15-25(23)38-30(27)31(35)33(28)17-20-7-10-22(32)11-8-20/h5,7-12,14-16,28H,1,6,13,17H2,2-4H3. The van der Waals surface area contributed by atoms with Crippen LogP contribution in [-0.4, -0.2) is 24.0 Å². The van der Waals surface area contributed by atoms with Crippen molar-refractivity contribution in [1.29, 1.82) is 0 Å². The Morgan fingerprint density at radius 3 is 2.45 bits per heavy atom. The Morgan fingerprint density at radius 1 is 1.00 bits per heavy atom. The minimum Gasteiger partial charge on any atom is -0.490 e. The van der Waals surface area contributed by atoms with Crippen LogP contribution in [-0.2, 0) is 6.54 Å². The van der Waals surface area contributed by atoms with Gasteiger partial charge in [0, 0.05) is 6.54 Å². The second-order valence-electron chi connectivity index (χ2n) is 9.31. The number of carbonyl (C=O) groups excluding carboxylic acids is 1. The number of carbonyl (C=O) groups is 1. The second-order valence-corrected chi connectivity index (χ2v) is 9.31. The van der Waals surface area contributed by atoms with Crippen molar-refractivity contribution in [2.24, 2.45) is 0 Å². The maximum Gasteiger partial charge on any atom is 0.291 e. The fourth-order valence-corrected chi connectivity index (χ4v) is 4.80. The normalized spacial score (nSPS) is 14.6. The van der Waals surface area contributed by atoms with E-state index in [2.05, 4.69) is 6.58 Å². The predicted octanol–water partition coefficient (Wildman–Crippen LogP) is 6.26. The number of aryl methyl sites for hydroxylation is 2. The summed E-state index contributed by atoms with van der Waals surface area (Å²) in [7, 11) is 0. The van der Waals surface area contributed by atoms with Crippen LogP contribution in [0.4, 0.5) is 4.39 Å². The molecule has 0 aliphatic carbocycles. The zero-order chi connectivity index (χ0) is 27.0. The lowest BCUT2D eigenvalue weighted by Crippen LogP contribution is -2.29. The van der Waals surface area contributed by atoms with Crippen molar-refractivity contribution in [2.45, 2.75) is 33.4 Å². The van der Waals surface area contributed by atoms with E-state index in [1.807, 2.05) is 26.8 Å². The molecule has 38 heavy (non-hydrogen) atoms. The Morgan fingerprint density at radius 2 is 1.74 bits per heavy atom. The van der Waals surface area contributed by atoms with Crippen LogP contribution < -0.4 is 14.9 Å². The van der Waals surface area contributed by atoms with Crippen LogP contribution in [0.1, 0.15) is 51.3 Å². The molecule has 2 heterocycles. The van der Waals surface area contributed by atoms with Crippen molar-refractivity contribution in [2.75, 3.05) is 13.2 Å². The van der Waals surface area contributed by atoms with Gasteiger partial charge in [-0.05, 0) is 79.4 Å². The third-order valence-corrected chi connectivity index (χ3v) is 6.79. The molecule has 1 unspecified atom stereocenters. The molecule has 1 atom stereocenters. The highest BCUT2D eigenvalue weighted by Gasteiger charge is 2.43. The van der Waals surface area contributed by atoms with E-state index in [1.165, 1.54) is 12.1 Å². The summed E-state index contributed by atoms with van der Waals surface area (Å²) < 4.78 is 31.3. The number of halogens is 1. The molecular formula is C31H28FNO5. The van der Waals surface area contributed by atoms with E-state index in [4.69, 9.17) is 13.9 Å². The van der Waals surface area contributed by atoms with Crippen LogP contribution in [0.15, 0.2) is 76.5 Å². The lowest BCUT2D eigenvalue weighted by molar-refractivity contribution is 0.0714. The van der Waals surface area contributed by atoms with Gasteiger partial charge in [0.25, 0.3) is 5.91 Å². The zero-order valence-corrected chi connectivity index (χ0v) is 21.5. The maximum absolute atomic E-state index is 13.9. The van der Waals surface area contributed by atoms with Crippen molar-refractivity contribution in [3.63, 3.8) is 0 Å². The molecule has 4 aromatic rings. The monoisotopic (exact) mass is 513 g/mol. The Balaban J connectivity index is 1.71. The third-order valence-electron chi connectivity index (χ3n) is 6.79. The third kappa shape index (κ3) is 4.45. The highest BCUT2D eigenvalue weighted by molar-refractivity contribution is 5.99. The molecule has 1 aromatic heterocycles. The molecule has 0 saturated carbocycles. The average molecular weight is 514 g/mol. The molecular weight excluding hydrogens is 485 g/mol. The molecule has 1 aliphatic rings. The summed E-state index contributed by atoms with van der Waals surface area (Å²) in [6.07, 6.45) is 1.64. The van der Waals surface area contributed by atoms with Gasteiger partial charge in [0.15, 0.2) is 16.9 Å². The van der Waals surface area contributed by atoms with Gasteiger partial charge >= 0.3 is 0 Å². The van der Waals surface area contributed by atoms with Crippen molar-refractivity contribution in [3.8, 4) is 11.5 Å². The summed E-state index contributed by atoms with van der Waals surface area (Å²) in [6, 6.07) is 14.2. The average Bonchev–Trinajstić information content (AvgIpc) is 3.17. The lowest BCUT2D eigenvalue weighted by Gasteiger charge is -2.26. The van der Waals surface area contributed by atoms with Gasteiger partial charge in [0.2, 0.25) is 5.76 Å². The Bertz CT molecular complexity index is 1610. The lowest BCUT2D eigenvalue weighted by atomic mass is 9.97. The molecule has 0 N–H and O–H groups in total. The summed E-state index contributed by atoms with van der Waals surface area (Å²) in [6.45, 7) is 10.3. The number of nitrogens with zero attached hydrogens (tertiary/aromatic N) is 1. The summed E-state index contributed by atoms with van der Waals surface area (Å²) in [4.78, 5) is 29.3. The second kappa shape index (κ2) is 10.2. The number of ether oxygens (including phenoxy) is 2.